The highest BCUT2D eigenvalue weighted by molar-refractivity contribution is 6.09. The first-order valence-electron chi connectivity index (χ1n) is 9.71. The standard InChI is InChI=1S/C20H24N2O6/c1-12-14(20(25)26)3-2-7-21(12)18(23)15-6-8-22(19(15)24)13-4-5-16-17(11-13)28-10-9-27-16/h4-5,11-12,14-15H,2-3,6-10H2,1H3,(H,25,26)/t12-,14-,15?/m1/s1. The third-order valence-corrected chi connectivity index (χ3v) is 5.93. The Morgan fingerprint density at radius 1 is 1.11 bits per heavy atom. The fraction of sp³-hybridized carbons (Fsp3) is 0.550. The minimum absolute atomic E-state index is 0.244. The van der Waals surface area contributed by atoms with E-state index in [4.69, 9.17) is 9.47 Å². The van der Waals surface area contributed by atoms with Gasteiger partial charge in [0.1, 0.15) is 19.1 Å². The summed E-state index contributed by atoms with van der Waals surface area (Å²) in [5.41, 5.74) is 0.680. The summed E-state index contributed by atoms with van der Waals surface area (Å²) in [4.78, 5) is 40.6. The highest BCUT2D eigenvalue weighted by Crippen LogP contribution is 2.36. The fourth-order valence-electron chi connectivity index (χ4n) is 4.35. The molecule has 8 heteroatoms. The summed E-state index contributed by atoms with van der Waals surface area (Å²) >= 11 is 0. The highest BCUT2D eigenvalue weighted by atomic mass is 16.6. The summed E-state index contributed by atoms with van der Waals surface area (Å²) in [6, 6.07) is 4.93. The zero-order valence-corrected chi connectivity index (χ0v) is 15.8. The average Bonchev–Trinajstić information content (AvgIpc) is 3.08. The van der Waals surface area contributed by atoms with Crippen molar-refractivity contribution in [2.45, 2.75) is 32.2 Å². The van der Waals surface area contributed by atoms with E-state index in [0.29, 0.717) is 62.8 Å². The van der Waals surface area contributed by atoms with Gasteiger partial charge in [-0.05, 0) is 38.3 Å². The van der Waals surface area contributed by atoms with Crippen LogP contribution in [0.25, 0.3) is 0 Å². The van der Waals surface area contributed by atoms with Crippen LogP contribution in [-0.4, -0.2) is 60.1 Å². The second-order valence-corrected chi connectivity index (χ2v) is 7.52. The number of piperidine rings is 1. The Balaban J connectivity index is 1.49. The van der Waals surface area contributed by atoms with E-state index in [9.17, 15) is 19.5 Å². The number of hydrogen-bond donors (Lipinski definition) is 1. The third kappa shape index (κ3) is 3.16. The summed E-state index contributed by atoms with van der Waals surface area (Å²) in [7, 11) is 0. The summed E-state index contributed by atoms with van der Waals surface area (Å²) in [6.45, 7) is 3.66. The molecule has 8 nitrogen and oxygen atoms in total. The van der Waals surface area contributed by atoms with Gasteiger partial charge in [-0.25, -0.2) is 0 Å². The van der Waals surface area contributed by atoms with Crippen molar-refractivity contribution in [1.29, 1.82) is 0 Å². The van der Waals surface area contributed by atoms with E-state index >= 15 is 0 Å². The van der Waals surface area contributed by atoms with E-state index in [-0.39, 0.29) is 11.8 Å². The van der Waals surface area contributed by atoms with Crippen LogP contribution in [0.4, 0.5) is 5.69 Å². The lowest BCUT2D eigenvalue weighted by Gasteiger charge is -2.38. The molecular formula is C20H24N2O6. The van der Waals surface area contributed by atoms with Gasteiger partial charge < -0.3 is 24.4 Å². The van der Waals surface area contributed by atoms with Gasteiger partial charge >= 0.3 is 5.97 Å². The van der Waals surface area contributed by atoms with E-state index in [1.165, 1.54) is 0 Å². The van der Waals surface area contributed by atoms with Crippen molar-refractivity contribution >= 4 is 23.5 Å². The Labute approximate surface area is 163 Å². The van der Waals surface area contributed by atoms with Crippen LogP contribution >= 0.6 is 0 Å². The lowest BCUT2D eigenvalue weighted by Crippen LogP contribution is -2.52. The minimum atomic E-state index is -0.888. The molecule has 0 bridgehead atoms. The number of ether oxygens (including phenoxy) is 2. The lowest BCUT2D eigenvalue weighted by atomic mass is 9.89. The van der Waals surface area contributed by atoms with Gasteiger partial charge in [-0.3, -0.25) is 14.4 Å². The number of likely N-dealkylation sites (tertiary alicyclic amines) is 1. The molecule has 2 saturated heterocycles. The van der Waals surface area contributed by atoms with E-state index in [1.54, 1.807) is 34.9 Å². The van der Waals surface area contributed by atoms with Crippen LogP contribution in [0.5, 0.6) is 11.5 Å². The second kappa shape index (κ2) is 7.33. The molecule has 1 N–H and O–H groups in total. The first-order chi connectivity index (χ1) is 13.5. The molecule has 2 amide bonds. The molecule has 28 heavy (non-hydrogen) atoms. The lowest BCUT2D eigenvalue weighted by molar-refractivity contribution is -0.151. The molecular weight excluding hydrogens is 364 g/mol. The van der Waals surface area contributed by atoms with Crippen molar-refractivity contribution < 1.29 is 29.0 Å². The molecule has 3 atom stereocenters. The monoisotopic (exact) mass is 388 g/mol. The molecule has 1 unspecified atom stereocenters. The Bertz CT molecular complexity index is 810. The van der Waals surface area contributed by atoms with Crippen molar-refractivity contribution in [2.24, 2.45) is 11.8 Å². The van der Waals surface area contributed by atoms with Gasteiger partial charge in [0.05, 0.1) is 5.92 Å². The number of rotatable bonds is 3. The predicted octanol–water partition coefficient (Wildman–Crippen LogP) is 1.52. The van der Waals surface area contributed by atoms with Gasteiger partial charge in [-0.1, -0.05) is 0 Å². The van der Waals surface area contributed by atoms with Crippen LogP contribution in [0, 0.1) is 11.8 Å². The van der Waals surface area contributed by atoms with Gasteiger partial charge in [0.15, 0.2) is 11.5 Å². The molecule has 0 spiro atoms. The molecule has 0 aromatic heterocycles. The molecule has 150 valence electrons. The Morgan fingerprint density at radius 3 is 2.61 bits per heavy atom. The molecule has 0 saturated carbocycles. The van der Waals surface area contributed by atoms with E-state index in [2.05, 4.69) is 0 Å². The first-order valence-corrected chi connectivity index (χ1v) is 9.71. The smallest absolute Gasteiger partial charge is 0.308 e. The molecule has 3 aliphatic rings. The van der Waals surface area contributed by atoms with Crippen LogP contribution in [-0.2, 0) is 14.4 Å². The molecule has 0 radical (unpaired) electrons. The number of nitrogens with zero attached hydrogens (tertiary/aromatic N) is 2. The van der Waals surface area contributed by atoms with Gasteiger partial charge in [-0.15, -0.1) is 0 Å². The van der Waals surface area contributed by atoms with E-state index in [1.807, 2.05) is 0 Å². The largest absolute Gasteiger partial charge is 0.486 e. The summed E-state index contributed by atoms with van der Waals surface area (Å²) in [5, 5.41) is 9.38. The molecule has 1 aromatic carbocycles. The van der Waals surface area contributed by atoms with Crippen LogP contribution < -0.4 is 14.4 Å². The highest BCUT2D eigenvalue weighted by Gasteiger charge is 2.43. The van der Waals surface area contributed by atoms with Crippen molar-refractivity contribution in [3.63, 3.8) is 0 Å². The number of hydrogen-bond acceptors (Lipinski definition) is 5. The third-order valence-electron chi connectivity index (χ3n) is 5.93. The Kier molecular flexibility index (Phi) is 4.87. The zero-order chi connectivity index (χ0) is 19.8. The van der Waals surface area contributed by atoms with Crippen molar-refractivity contribution in [2.75, 3.05) is 31.2 Å². The predicted molar refractivity (Wildman–Crippen MR) is 99.4 cm³/mol. The minimum Gasteiger partial charge on any atom is -0.486 e. The normalized spacial score (nSPS) is 27.0. The number of carboxylic acids is 1. The molecule has 3 heterocycles. The van der Waals surface area contributed by atoms with E-state index in [0.717, 1.165) is 0 Å². The fourth-order valence-corrected chi connectivity index (χ4v) is 4.35. The summed E-state index contributed by atoms with van der Waals surface area (Å²) < 4.78 is 11.1. The Morgan fingerprint density at radius 2 is 1.86 bits per heavy atom. The quantitative estimate of drug-likeness (QED) is 0.789. The molecule has 3 aliphatic heterocycles. The van der Waals surface area contributed by atoms with Gasteiger partial charge in [0, 0.05) is 30.9 Å². The number of anilines is 1. The number of carbonyl (C=O) groups excluding carboxylic acids is 2. The number of aliphatic carboxylic acids is 1. The first kappa shape index (κ1) is 18.6. The van der Waals surface area contributed by atoms with Crippen LogP contribution in [0.15, 0.2) is 18.2 Å². The Hall–Kier alpha value is -2.77. The summed E-state index contributed by atoms with van der Waals surface area (Å²) in [6.07, 6.45) is 1.62. The number of benzene rings is 1. The van der Waals surface area contributed by atoms with Crippen LogP contribution in [0.1, 0.15) is 26.2 Å². The molecule has 1 aromatic rings. The second-order valence-electron chi connectivity index (χ2n) is 7.52. The van der Waals surface area contributed by atoms with Crippen molar-refractivity contribution in [3.05, 3.63) is 18.2 Å². The zero-order valence-electron chi connectivity index (χ0n) is 15.8. The topological polar surface area (TPSA) is 96.4 Å². The number of amides is 2. The summed E-state index contributed by atoms with van der Waals surface area (Å²) in [5.74, 6) is -1.49. The number of carbonyl (C=O) groups is 3. The maximum absolute atomic E-state index is 13.0. The molecule has 0 aliphatic carbocycles. The molecule has 2 fully saturated rings. The van der Waals surface area contributed by atoms with Crippen molar-refractivity contribution in [1.82, 2.24) is 4.90 Å². The van der Waals surface area contributed by atoms with Gasteiger partial charge in [0.25, 0.3) is 0 Å². The van der Waals surface area contributed by atoms with Crippen LogP contribution in [0.2, 0.25) is 0 Å². The number of carboxylic acid groups (broad SMARTS) is 1. The SMILES string of the molecule is C[C@@H]1[C@H](C(=O)O)CCCN1C(=O)C1CCN(c2ccc3c(c2)OCCO3)C1=O. The van der Waals surface area contributed by atoms with Gasteiger partial charge in [0.2, 0.25) is 11.8 Å². The van der Waals surface area contributed by atoms with Crippen LogP contribution in [0.3, 0.4) is 0 Å². The van der Waals surface area contributed by atoms with Crippen molar-refractivity contribution in [3.8, 4) is 11.5 Å². The van der Waals surface area contributed by atoms with E-state index < -0.39 is 23.8 Å². The maximum atomic E-state index is 13.0. The number of fused-ring (bicyclic) bond motifs is 1. The van der Waals surface area contributed by atoms with Gasteiger partial charge in [-0.2, -0.15) is 0 Å². The average molecular weight is 388 g/mol. The maximum Gasteiger partial charge on any atom is 0.308 e. The molecule has 4 rings (SSSR count).